The molecule has 0 aliphatic rings. The monoisotopic (exact) mass is 387 g/mol. The van der Waals surface area contributed by atoms with Crippen LogP contribution in [0.1, 0.15) is 22.7 Å². The first-order valence-electron chi connectivity index (χ1n) is 8.09. The summed E-state index contributed by atoms with van der Waals surface area (Å²) >= 11 is 3.45. The molecule has 126 valence electrons. The van der Waals surface area contributed by atoms with Crippen molar-refractivity contribution in [1.29, 1.82) is 0 Å². The molecule has 0 fully saturated rings. The average Bonchev–Trinajstić information content (AvgIpc) is 3.12. The Morgan fingerprint density at radius 3 is 2.54 bits per heavy atom. The highest BCUT2D eigenvalue weighted by atomic mass is 79.9. The number of aromatic nitrogens is 2. The predicted octanol–water partition coefficient (Wildman–Crippen LogP) is 4.39. The fourth-order valence-electron chi connectivity index (χ4n) is 2.85. The largest absolute Gasteiger partial charge is 0.460 e. The van der Waals surface area contributed by atoms with Crippen molar-refractivity contribution in [2.24, 2.45) is 7.05 Å². The fourth-order valence-corrected chi connectivity index (χ4v) is 3.11. The van der Waals surface area contributed by atoms with E-state index in [9.17, 15) is 0 Å². The van der Waals surface area contributed by atoms with E-state index in [0.29, 0.717) is 0 Å². The minimum absolute atomic E-state index is 0.731. The van der Waals surface area contributed by atoms with Crippen molar-refractivity contribution in [3.05, 3.63) is 63.6 Å². The van der Waals surface area contributed by atoms with Gasteiger partial charge in [-0.05, 0) is 56.6 Å². The van der Waals surface area contributed by atoms with Gasteiger partial charge in [-0.2, -0.15) is 5.10 Å². The van der Waals surface area contributed by atoms with Crippen LogP contribution in [0.15, 0.2) is 45.3 Å². The zero-order valence-corrected chi connectivity index (χ0v) is 15.9. The molecule has 24 heavy (non-hydrogen) atoms. The van der Waals surface area contributed by atoms with E-state index in [4.69, 9.17) is 4.42 Å². The lowest BCUT2D eigenvalue weighted by molar-refractivity contribution is 0.494. The second kappa shape index (κ2) is 7.36. The molecule has 3 aromatic rings. The van der Waals surface area contributed by atoms with Crippen LogP contribution in [0.5, 0.6) is 0 Å². The molecule has 0 spiro atoms. The first kappa shape index (κ1) is 17.0. The topological polar surface area (TPSA) is 43.0 Å². The molecule has 0 bridgehead atoms. The second-order valence-corrected chi connectivity index (χ2v) is 6.89. The number of rotatable bonds is 6. The third-order valence-electron chi connectivity index (χ3n) is 4.30. The number of hydrogen-bond donors (Lipinski definition) is 1. The summed E-state index contributed by atoms with van der Waals surface area (Å²) in [5, 5.41) is 7.91. The Labute approximate surface area is 151 Å². The van der Waals surface area contributed by atoms with Crippen LogP contribution in [0.2, 0.25) is 0 Å². The van der Waals surface area contributed by atoms with Crippen molar-refractivity contribution in [2.75, 3.05) is 6.54 Å². The normalized spacial score (nSPS) is 11.2. The minimum atomic E-state index is 0.731. The average molecular weight is 388 g/mol. The molecule has 0 unspecified atom stereocenters. The molecule has 0 saturated carbocycles. The van der Waals surface area contributed by atoms with Crippen molar-refractivity contribution in [1.82, 2.24) is 15.1 Å². The lowest BCUT2D eigenvalue weighted by atomic mass is 10.1. The van der Waals surface area contributed by atoms with Gasteiger partial charge in [-0.15, -0.1) is 0 Å². The van der Waals surface area contributed by atoms with Gasteiger partial charge in [0.25, 0.3) is 0 Å². The van der Waals surface area contributed by atoms with Gasteiger partial charge in [0, 0.05) is 22.8 Å². The molecule has 0 amide bonds. The van der Waals surface area contributed by atoms with Crippen molar-refractivity contribution in [3.8, 4) is 11.3 Å². The van der Waals surface area contributed by atoms with Crippen molar-refractivity contribution in [3.63, 3.8) is 0 Å². The molecule has 4 nitrogen and oxygen atoms in total. The maximum Gasteiger partial charge on any atom is 0.134 e. The van der Waals surface area contributed by atoms with Crippen LogP contribution in [0.3, 0.4) is 0 Å². The van der Waals surface area contributed by atoms with E-state index in [1.807, 2.05) is 48.1 Å². The van der Waals surface area contributed by atoms with Crippen molar-refractivity contribution in [2.45, 2.75) is 26.8 Å². The molecule has 0 aliphatic heterocycles. The van der Waals surface area contributed by atoms with Gasteiger partial charge < -0.3 is 9.73 Å². The van der Waals surface area contributed by atoms with Crippen LogP contribution in [-0.2, 0) is 20.0 Å². The van der Waals surface area contributed by atoms with Gasteiger partial charge in [-0.3, -0.25) is 4.68 Å². The molecule has 0 saturated heterocycles. The fraction of sp³-hybridized carbons (Fsp3) is 0.316. The standard InChI is InChI=1S/C19H22BrN3O/c1-13-18(14(2)23(3)22-13)10-11-21-12-17-8-9-19(24-17)15-4-6-16(20)7-5-15/h4-9,21H,10-12H2,1-3H3. The Bertz CT molecular complexity index is 818. The van der Waals surface area contributed by atoms with Crippen LogP contribution < -0.4 is 5.32 Å². The van der Waals surface area contributed by atoms with Gasteiger partial charge in [-0.1, -0.05) is 28.1 Å². The van der Waals surface area contributed by atoms with E-state index < -0.39 is 0 Å². The van der Waals surface area contributed by atoms with Gasteiger partial charge >= 0.3 is 0 Å². The predicted molar refractivity (Wildman–Crippen MR) is 99.9 cm³/mol. The van der Waals surface area contributed by atoms with E-state index >= 15 is 0 Å². The molecule has 5 heteroatoms. The Balaban J connectivity index is 1.53. The number of benzene rings is 1. The Morgan fingerprint density at radius 2 is 1.88 bits per heavy atom. The van der Waals surface area contributed by atoms with Crippen LogP contribution in [0.4, 0.5) is 0 Å². The summed E-state index contributed by atoms with van der Waals surface area (Å²) in [6.45, 7) is 5.82. The molecular weight excluding hydrogens is 366 g/mol. The summed E-state index contributed by atoms with van der Waals surface area (Å²) in [5.74, 6) is 1.85. The maximum absolute atomic E-state index is 5.92. The first-order chi connectivity index (χ1) is 11.5. The molecule has 1 aromatic carbocycles. The number of aryl methyl sites for hydroxylation is 2. The highest BCUT2D eigenvalue weighted by molar-refractivity contribution is 9.10. The summed E-state index contributed by atoms with van der Waals surface area (Å²) < 4.78 is 8.94. The van der Waals surface area contributed by atoms with E-state index in [0.717, 1.165) is 46.8 Å². The third kappa shape index (κ3) is 3.79. The summed E-state index contributed by atoms with van der Waals surface area (Å²) in [4.78, 5) is 0. The molecule has 0 aliphatic carbocycles. The lowest BCUT2D eigenvalue weighted by Crippen LogP contribution is -2.16. The smallest absolute Gasteiger partial charge is 0.134 e. The molecule has 2 aromatic heterocycles. The Hall–Kier alpha value is -1.85. The van der Waals surface area contributed by atoms with E-state index in [2.05, 4.69) is 40.2 Å². The van der Waals surface area contributed by atoms with Crippen molar-refractivity contribution >= 4 is 15.9 Å². The molecule has 3 rings (SSSR count). The van der Waals surface area contributed by atoms with E-state index in [-0.39, 0.29) is 0 Å². The quantitative estimate of drug-likeness (QED) is 0.637. The molecule has 2 heterocycles. The lowest BCUT2D eigenvalue weighted by Gasteiger charge is -2.04. The molecular formula is C19H22BrN3O. The number of halogens is 1. The highest BCUT2D eigenvalue weighted by Crippen LogP contribution is 2.24. The number of nitrogens with zero attached hydrogens (tertiary/aromatic N) is 2. The zero-order valence-electron chi connectivity index (χ0n) is 14.3. The van der Waals surface area contributed by atoms with Gasteiger partial charge in [0.2, 0.25) is 0 Å². The highest BCUT2D eigenvalue weighted by Gasteiger charge is 2.09. The maximum atomic E-state index is 5.92. The van der Waals surface area contributed by atoms with E-state index in [1.54, 1.807) is 0 Å². The third-order valence-corrected chi connectivity index (χ3v) is 4.83. The van der Waals surface area contributed by atoms with Gasteiger partial charge in [-0.25, -0.2) is 0 Å². The van der Waals surface area contributed by atoms with Gasteiger partial charge in [0.05, 0.1) is 12.2 Å². The van der Waals surface area contributed by atoms with Crippen LogP contribution in [-0.4, -0.2) is 16.3 Å². The van der Waals surface area contributed by atoms with Gasteiger partial charge in [0.1, 0.15) is 11.5 Å². The van der Waals surface area contributed by atoms with Crippen LogP contribution in [0, 0.1) is 13.8 Å². The summed E-state index contributed by atoms with van der Waals surface area (Å²) in [7, 11) is 1.99. The Morgan fingerprint density at radius 1 is 1.12 bits per heavy atom. The Kier molecular flexibility index (Phi) is 5.21. The SMILES string of the molecule is Cc1nn(C)c(C)c1CCNCc1ccc(-c2ccc(Br)cc2)o1. The first-order valence-corrected chi connectivity index (χ1v) is 8.88. The van der Waals surface area contributed by atoms with Crippen molar-refractivity contribution < 1.29 is 4.42 Å². The summed E-state index contributed by atoms with van der Waals surface area (Å²) in [6.07, 6.45) is 0.978. The van der Waals surface area contributed by atoms with Gasteiger partial charge in [0.15, 0.2) is 0 Å². The zero-order chi connectivity index (χ0) is 17.1. The summed E-state index contributed by atoms with van der Waals surface area (Å²) in [6, 6.07) is 12.2. The van der Waals surface area contributed by atoms with Crippen LogP contribution in [0.25, 0.3) is 11.3 Å². The number of nitrogens with one attached hydrogen (secondary N) is 1. The molecule has 1 N–H and O–H groups in total. The second-order valence-electron chi connectivity index (χ2n) is 5.97. The van der Waals surface area contributed by atoms with Crippen LogP contribution >= 0.6 is 15.9 Å². The minimum Gasteiger partial charge on any atom is -0.460 e. The summed E-state index contributed by atoms with van der Waals surface area (Å²) in [5.41, 5.74) is 4.78. The molecule has 0 atom stereocenters. The number of furan rings is 1. The molecule has 0 radical (unpaired) electrons. The number of hydrogen-bond acceptors (Lipinski definition) is 3. The van der Waals surface area contributed by atoms with E-state index in [1.165, 1.54) is 11.3 Å².